The zero-order valence-corrected chi connectivity index (χ0v) is 14.8. The van der Waals surface area contributed by atoms with E-state index < -0.39 is 16.8 Å². The third-order valence-corrected chi connectivity index (χ3v) is 5.26. The van der Waals surface area contributed by atoms with E-state index in [1.54, 1.807) is 0 Å². The van der Waals surface area contributed by atoms with Gasteiger partial charge in [-0.2, -0.15) is 13.2 Å². The number of hydrogen-bond donors (Lipinski definition) is 2. The van der Waals surface area contributed by atoms with Crippen LogP contribution in [-0.2, 0) is 15.8 Å². The number of amides is 2. The van der Waals surface area contributed by atoms with Crippen molar-refractivity contribution in [2.45, 2.75) is 50.7 Å². The summed E-state index contributed by atoms with van der Waals surface area (Å²) in [7, 11) is 0. The lowest BCUT2D eigenvalue weighted by Gasteiger charge is -2.27. The Balaban J connectivity index is 1.55. The lowest BCUT2D eigenvalue weighted by Crippen LogP contribution is -2.36. The smallest absolute Gasteiger partial charge is 0.353 e. The lowest BCUT2D eigenvalue weighted by atomic mass is 9.81. The number of rotatable bonds is 4. The minimum atomic E-state index is -4.58. The average molecular weight is 389 g/mol. The molecule has 142 valence electrons. The molecule has 2 aliphatic carbocycles. The Morgan fingerprint density at radius 2 is 1.54 bits per heavy atom. The second-order valence-corrected chi connectivity index (χ2v) is 7.42. The SMILES string of the molecule is O=C(Nc1ccc(Cl)c(C(F)(F)F)c1)C1CCC(C(=O)NC2CC2)CC1. The molecule has 1 aromatic carbocycles. The summed E-state index contributed by atoms with van der Waals surface area (Å²) in [6.45, 7) is 0. The average Bonchev–Trinajstić information content (AvgIpc) is 3.39. The van der Waals surface area contributed by atoms with E-state index in [0.717, 1.165) is 25.0 Å². The molecule has 2 aliphatic rings. The van der Waals surface area contributed by atoms with Gasteiger partial charge in [0, 0.05) is 23.6 Å². The molecule has 2 fully saturated rings. The van der Waals surface area contributed by atoms with Crippen LogP contribution in [0, 0.1) is 11.8 Å². The van der Waals surface area contributed by atoms with E-state index in [1.165, 1.54) is 6.07 Å². The summed E-state index contributed by atoms with van der Waals surface area (Å²) in [4.78, 5) is 24.4. The standard InChI is InChI=1S/C18H20ClF3N2O2/c19-15-8-7-13(9-14(15)18(20,21)22)24-17(26)11-3-1-10(2-4-11)16(25)23-12-5-6-12/h7-12H,1-6H2,(H,23,25)(H,24,26). The molecule has 0 bridgehead atoms. The van der Waals surface area contributed by atoms with Crippen LogP contribution in [0.2, 0.25) is 5.02 Å². The molecule has 2 saturated carbocycles. The largest absolute Gasteiger partial charge is 0.417 e. The molecule has 0 saturated heterocycles. The Labute approximate surface area is 154 Å². The number of halogens is 4. The summed E-state index contributed by atoms with van der Waals surface area (Å²) in [5.41, 5.74) is -0.905. The third-order valence-electron chi connectivity index (χ3n) is 4.93. The van der Waals surface area contributed by atoms with Gasteiger partial charge in [0.25, 0.3) is 0 Å². The highest BCUT2D eigenvalue weighted by Crippen LogP contribution is 2.37. The monoisotopic (exact) mass is 388 g/mol. The third kappa shape index (κ3) is 4.69. The van der Waals surface area contributed by atoms with Gasteiger partial charge in [-0.15, -0.1) is 0 Å². The molecule has 2 amide bonds. The molecule has 1 aromatic rings. The van der Waals surface area contributed by atoms with Gasteiger partial charge in [0.1, 0.15) is 0 Å². The first-order valence-electron chi connectivity index (χ1n) is 8.72. The second-order valence-electron chi connectivity index (χ2n) is 7.01. The van der Waals surface area contributed by atoms with Crippen LogP contribution in [-0.4, -0.2) is 17.9 Å². The Hall–Kier alpha value is -1.76. The van der Waals surface area contributed by atoms with Crippen molar-refractivity contribution in [2.75, 3.05) is 5.32 Å². The molecule has 0 atom stereocenters. The molecular formula is C18H20ClF3N2O2. The van der Waals surface area contributed by atoms with Gasteiger partial charge in [0.2, 0.25) is 11.8 Å². The lowest BCUT2D eigenvalue weighted by molar-refractivity contribution is -0.137. The van der Waals surface area contributed by atoms with Gasteiger partial charge in [-0.3, -0.25) is 9.59 Å². The maximum Gasteiger partial charge on any atom is 0.417 e. The van der Waals surface area contributed by atoms with Crippen molar-refractivity contribution < 1.29 is 22.8 Å². The van der Waals surface area contributed by atoms with Gasteiger partial charge in [0.05, 0.1) is 10.6 Å². The Morgan fingerprint density at radius 1 is 0.962 bits per heavy atom. The van der Waals surface area contributed by atoms with E-state index in [2.05, 4.69) is 10.6 Å². The molecule has 0 aromatic heterocycles. The van der Waals surface area contributed by atoms with Gasteiger partial charge in [0.15, 0.2) is 0 Å². The predicted molar refractivity (Wildman–Crippen MR) is 91.7 cm³/mol. The van der Waals surface area contributed by atoms with Crippen LogP contribution in [0.5, 0.6) is 0 Å². The van der Waals surface area contributed by atoms with Crippen LogP contribution in [0.1, 0.15) is 44.1 Å². The number of benzene rings is 1. The molecule has 8 heteroatoms. The quantitative estimate of drug-likeness (QED) is 0.804. The fourth-order valence-electron chi connectivity index (χ4n) is 3.23. The Kier molecular flexibility index (Phi) is 5.46. The summed E-state index contributed by atoms with van der Waals surface area (Å²) < 4.78 is 38.7. The van der Waals surface area contributed by atoms with Gasteiger partial charge >= 0.3 is 6.18 Å². The zero-order valence-electron chi connectivity index (χ0n) is 14.0. The highest BCUT2D eigenvalue weighted by molar-refractivity contribution is 6.31. The minimum Gasteiger partial charge on any atom is -0.353 e. The van der Waals surface area contributed by atoms with Crippen molar-refractivity contribution in [1.29, 1.82) is 0 Å². The van der Waals surface area contributed by atoms with Crippen LogP contribution in [0.3, 0.4) is 0 Å². The number of carbonyl (C=O) groups is 2. The molecule has 0 spiro atoms. The first kappa shape index (κ1) is 19.0. The molecule has 0 radical (unpaired) electrons. The van der Waals surface area contributed by atoms with Gasteiger partial charge < -0.3 is 10.6 Å². The van der Waals surface area contributed by atoms with Crippen molar-refractivity contribution in [3.05, 3.63) is 28.8 Å². The van der Waals surface area contributed by atoms with E-state index in [4.69, 9.17) is 11.6 Å². The fraction of sp³-hybridized carbons (Fsp3) is 0.556. The normalized spacial score (nSPS) is 23.4. The van der Waals surface area contributed by atoms with Crippen molar-refractivity contribution in [3.63, 3.8) is 0 Å². The van der Waals surface area contributed by atoms with Crippen molar-refractivity contribution >= 4 is 29.1 Å². The summed E-state index contributed by atoms with van der Waals surface area (Å²) in [5.74, 6) is -0.641. The van der Waals surface area contributed by atoms with Gasteiger partial charge in [-0.05, 0) is 56.7 Å². The first-order valence-corrected chi connectivity index (χ1v) is 9.10. The van der Waals surface area contributed by atoms with Crippen molar-refractivity contribution in [3.8, 4) is 0 Å². The fourth-order valence-corrected chi connectivity index (χ4v) is 3.45. The highest BCUT2D eigenvalue weighted by atomic mass is 35.5. The number of carbonyl (C=O) groups excluding carboxylic acids is 2. The summed E-state index contributed by atoms with van der Waals surface area (Å²) in [6, 6.07) is 3.63. The van der Waals surface area contributed by atoms with E-state index in [9.17, 15) is 22.8 Å². The predicted octanol–water partition coefficient (Wildman–Crippen LogP) is 4.38. The minimum absolute atomic E-state index is 0.0545. The van der Waals surface area contributed by atoms with Crippen LogP contribution < -0.4 is 10.6 Å². The van der Waals surface area contributed by atoms with Crippen LogP contribution in [0.15, 0.2) is 18.2 Å². The number of nitrogens with one attached hydrogen (secondary N) is 2. The molecule has 0 aliphatic heterocycles. The topological polar surface area (TPSA) is 58.2 Å². The molecule has 26 heavy (non-hydrogen) atoms. The van der Waals surface area contributed by atoms with Crippen LogP contribution in [0.25, 0.3) is 0 Å². The molecular weight excluding hydrogens is 369 g/mol. The Bertz CT molecular complexity index is 696. The molecule has 3 rings (SSSR count). The molecule has 2 N–H and O–H groups in total. The van der Waals surface area contributed by atoms with Gasteiger partial charge in [-0.25, -0.2) is 0 Å². The van der Waals surface area contributed by atoms with E-state index in [1.807, 2.05) is 0 Å². The van der Waals surface area contributed by atoms with Crippen LogP contribution in [0.4, 0.5) is 18.9 Å². The summed E-state index contributed by atoms with van der Waals surface area (Å²) in [5, 5.41) is 5.11. The summed E-state index contributed by atoms with van der Waals surface area (Å²) in [6.07, 6.45) is -0.182. The first-order chi connectivity index (χ1) is 12.2. The molecule has 0 heterocycles. The van der Waals surface area contributed by atoms with E-state index in [-0.39, 0.29) is 29.3 Å². The summed E-state index contributed by atoms with van der Waals surface area (Å²) >= 11 is 5.58. The highest BCUT2D eigenvalue weighted by Gasteiger charge is 2.35. The second kappa shape index (κ2) is 7.47. The zero-order chi connectivity index (χ0) is 18.9. The van der Waals surface area contributed by atoms with E-state index in [0.29, 0.717) is 31.7 Å². The molecule has 0 unspecified atom stereocenters. The maximum absolute atomic E-state index is 12.9. The number of hydrogen-bond acceptors (Lipinski definition) is 2. The van der Waals surface area contributed by atoms with Gasteiger partial charge in [-0.1, -0.05) is 11.6 Å². The number of anilines is 1. The molecule has 4 nitrogen and oxygen atoms in total. The van der Waals surface area contributed by atoms with E-state index >= 15 is 0 Å². The maximum atomic E-state index is 12.9. The Morgan fingerprint density at radius 3 is 2.08 bits per heavy atom. The van der Waals surface area contributed by atoms with Crippen molar-refractivity contribution in [1.82, 2.24) is 5.32 Å². The number of alkyl halides is 3. The van der Waals surface area contributed by atoms with Crippen LogP contribution >= 0.6 is 11.6 Å². The van der Waals surface area contributed by atoms with Crippen molar-refractivity contribution in [2.24, 2.45) is 11.8 Å².